The molecule has 0 aromatic heterocycles. The number of hydrogen-bond donors (Lipinski definition) is 0. The van der Waals surface area contributed by atoms with Crippen molar-refractivity contribution in [2.45, 2.75) is 0 Å². The second-order valence-corrected chi connectivity index (χ2v) is 2.27. The molecule has 0 spiro atoms. The molecule has 0 amide bonds. The van der Waals surface area contributed by atoms with E-state index in [0.717, 1.165) is 5.57 Å². The Morgan fingerprint density at radius 3 is 2.69 bits per heavy atom. The Bertz CT molecular complexity index is 251. The predicted molar refractivity (Wildman–Crippen MR) is 57.3 cm³/mol. The molecule has 0 rings (SSSR count). The number of allylic oxidation sites excluding steroid dienone is 4. The monoisotopic (exact) mass is 174 g/mol. The largest absolute Gasteiger partial charge is 0.364 e. The Labute approximate surface area is 80.1 Å². The maximum absolute atomic E-state index is 5.16. The summed E-state index contributed by atoms with van der Waals surface area (Å²) in [6.07, 6.45) is 14.1. The lowest BCUT2D eigenvalue weighted by molar-refractivity contribution is 0.194. The van der Waals surface area contributed by atoms with Gasteiger partial charge in [-0.05, 0) is 5.57 Å². The van der Waals surface area contributed by atoms with Gasteiger partial charge in [0.25, 0.3) is 0 Å². The van der Waals surface area contributed by atoms with Crippen LogP contribution in [0.15, 0.2) is 49.1 Å². The minimum absolute atomic E-state index is 0.330. The zero-order chi connectivity index (χ0) is 9.94. The van der Waals surface area contributed by atoms with E-state index in [1.54, 1.807) is 12.2 Å². The third-order valence-electron chi connectivity index (χ3n) is 1.23. The summed E-state index contributed by atoms with van der Waals surface area (Å²) in [6.45, 7) is 8.01. The number of ether oxygens (including phenoxy) is 1. The molecule has 0 radical (unpaired) electrons. The summed E-state index contributed by atoms with van der Waals surface area (Å²) < 4.78 is 5.16. The van der Waals surface area contributed by atoms with Crippen molar-refractivity contribution in [2.24, 2.45) is 0 Å². The molecule has 0 saturated heterocycles. The highest BCUT2D eigenvalue weighted by atomic mass is 16.5. The molecule has 0 heterocycles. The molecule has 0 N–H and O–H groups in total. The molecule has 0 atom stereocenters. The lowest BCUT2D eigenvalue weighted by atomic mass is 10.2. The summed E-state index contributed by atoms with van der Waals surface area (Å²) in [5.41, 5.74) is 1.02. The topological polar surface area (TPSA) is 9.23 Å². The van der Waals surface area contributed by atoms with E-state index in [0.29, 0.717) is 13.2 Å². The highest BCUT2D eigenvalue weighted by Gasteiger charge is 1.89. The van der Waals surface area contributed by atoms with E-state index in [9.17, 15) is 0 Å². The van der Waals surface area contributed by atoms with Crippen LogP contribution in [0, 0.1) is 12.3 Å². The van der Waals surface area contributed by atoms with Crippen LogP contribution < -0.4 is 0 Å². The molecule has 68 valence electrons. The Morgan fingerprint density at radius 2 is 2.15 bits per heavy atom. The maximum Gasteiger partial charge on any atom is 0.107 e. The average Bonchev–Trinajstić information content (AvgIpc) is 2.14. The highest BCUT2D eigenvalue weighted by molar-refractivity contribution is 5.25. The van der Waals surface area contributed by atoms with Gasteiger partial charge in [-0.15, -0.1) is 6.42 Å². The minimum Gasteiger partial charge on any atom is -0.364 e. The zero-order valence-electron chi connectivity index (χ0n) is 7.70. The lowest BCUT2D eigenvalue weighted by Crippen LogP contribution is -1.96. The highest BCUT2D eigenvalue weighted by Crippen LogP contribution is 1.98. The standard InChI is InChI=1S/C12H14O/c1-4-7-9-12(8-5-2)11-13-10-6-3/h3-5,7-9H,1-2,10-11H2/b9-7-,12-8+. The first-order valence-electron chi connectivity index (χ1n) is 3.97. The first-order chi connectivity index (χ1) is 6.35. The smallest absolute Gasteiger partial charge is 0.107 e. The third kappa shape index (κ3) is 6.86. The van der Waals surface area contributed by atoms with Crippen LogP contribution >= 0.6 is 0 Å². The van der Waals surface area contributed by atoms with E-state index in [4.69, 9.17) is 11.2 Å². The van der Waals surface area contributed by atoms with Crippen LogP contribution in [0.2, 0.25) is 0 Å². The Kier molecular flexibility index (Phi) is 7.57. The van der Waals surface area contributed by atoms with Crippen molar-refractivity contribution < 1.29 is 4.74 Å². The summed E-state index contributed by atoms with van der Waals surface area (Å²) in [7, 11) is 0. The van der Waals surface area contributed by atoms with Gasteiger partial charge in [-0.1, -0.05) is 49.5 Å². The molecule has 1 nitrogen and oxygen atoms in total. The van der Waals surface area contributed by atoms with E-state index in [1.807, 2.05) is 18.2 Å². The zero-order valence-corrected chi connectivity index (χ0v) is 7.70. The number of terminal acetylenes is 1. The summed E-state index contributed by atoms with van der Waals surface area (Å²) in [5, 5.41) is 0. The second kappa shape index (κ2) is 8.58. The van der Waals surface area contributed by atoms with Crippen molar-refractivity contribution in [2.75, 3.05) is 13.2 Å². The van der Waals surface area contributed by atoms with Gasteiger partial charge < -0.3 is 4.74 Å². The van der Waals surface area contributed by atoms with Gasteiger partial charge in [0.15, 0.2) is 0 Å². The van der Waals surface area contributed by atoms with Crippen molar-refractivity contribution in [3.05, 3.63) is 49.1 Å². The minimum atomic E-state index is 0.330. The van der Waals surface area contributed by atoms with Gasteiger partial charge in [0.05, 0.1) is 6.61 Å². The van der Waals surface area contributed by atoms with E-state index in [2.05, 4.69) is 19.1 Å². The average molecular weight is 174 g/mol. The normalized spacial score (nSPS) is 11.2. The molecule has 0 unspecified atom stereocenters. The van der Waals surface area contributed by atoms with Crippen LogP contribution in [-0.2, 0) is 4.74 Å². The number of hydrogen-bond acceptors (Lipinski definition) is 1. The van der Waals surface area contributed by atoms with Crippen LogP contribution in [-0.4, -0.2) is 13.2 Å². The summed E-state index contributed by atoms with van der Waals surface area (Å²) in [5.74, 6) is 2.40. The van der Waals surface area contributed by atoms with E-state index < -0.39 is 0 Å². The summed E-state index contributed by atoms with van der Waals surface area (Å²) >= 11 is 0. The molecule has 0 fully saturated rings. The third-order valence-corrected chi connectivity index (χ3v) is 1.23. The van der Waals surface area contributed by atoms with Crippen molar-refractivity contribution in [3.8, 4) is 12.3 Å². The van der Waals surface area contributed by atoms with Gasteiger partial charge in [0, 0.05) is 0 Å². The lowest BCUT2D eigenvalue weighted by Gasteiger charge is -1.99. The molecule has 1 heteroatoms. The molecule has 0 aromatic carbocycles. The molecular weight excluding hydrogens is 160 g/mol. The molecular formula is C12H14O. The van der Waals surface area contributed by atoms with Crippen LogP contribution in [0.3, 0.4) is 0 Å². The Morgan fingerprint density at radius 1 is 1.38 bits per heavy atom. The van der Waals surface area contributed by atoms with Crippen LogP contribution in [0.25, 0.3) is 0 Å². The predicted octanol–water partition coefficient (Wildman–Crippen LogP) is 2.49. The molecule has 0 aliphatic heterocycles. The van der Waals surface area contributed by atoms with Gasteiger partial charge in [-0.3, -0.25) is 0 Å². The van der Waals surface area contributed by atoms with Crippen LogP contribution in [0.5, 0.6) is 0 Å². The quantitative estimate of drug-likeness (QED) is 0.341. The van der Waals surface area contributed by atoms with E-state index >= 15 is 0 Å². The van der Waals surface area contributed by atoms with Crippen molar-refractivity contribution in [1.82, 2.24) is 0 Å². The first kappa shape index (κ1) is 11.5. The fourth-order valence-electron chi connectivity index (χ4n) is 0.723. The van der Waals surface area contributed by atoms with Crippen molar-refractivity contribution in [3.63, 3.8) is 0 Å². The summed E-state index contributed by atoms with van der Waals surface area (Å²) in [4.78, 5) is 0. The Hall–Kier alpha value is -1.52. The second-order valence-electron chi connectivity index (χ2n) is 2.27. The molecule has 0 bridgehead atoms. The van der Waals surface area contributed by atoms with Gasteiger partial charge >= 0.3 is 0 Å². The van der Waals surface area contributed by atoms with Gasteiger partial charge in [-0.2, -0.15) is 0 Å². The molecule has 0 aliphatic rings. The van der Waals surface area contributed by atoms with E-state index in [-0.39, 0.29) is 0 Å². The molecule has 13 heavy (non-hydrogen) atoms. The van der Waals surface area contributed by atoms with Crippen molar-refractivity contribution in [1.29, 1.82) is 0 Å². The Balaban J connectivity index is 4.04. The van der Waals surface area contributed by atoms with Gasteiger partial charge in [-0.25, -0.2) is 0 Å². The molecule has 0 saturated carbocycles. The fraction of sp³-hybridized carbons (Fsp3) is 0.167. The maximum atomic E-state index is 5.16. The fourth-order valence-corrected chi connectivity index (χ4v) is 0.723. The SMILES string of the molecule is C#CCOCC(/C=C\C=C)=C/C=C. The van der Waals surface area contributed by atoms with E-state index in [1.165, 1.54) is 0 Å². The van der Waals surface area contributed by atoms with Crippen LogP contribution in [0.1, 0.15) is 0 Å². The molecule has 0 aliphatic carbocycles. The first-order valence-corrected chi connectivity index (χ1v) is 3.97. The molecule has 0 aromatic rings. The van der Waals surface area contributed by atoms with Gasteiger partial charge in [0.2, 0.25) is 0 Å². The van der Waals surface area contributed by atoms with Gasteiger partial charge in [0.1, 0.15) is 6.61 Å². The number of rotatable bonds is 6. The van der Waals surface area contributed by atoms with Crippen LogP contribution in [0.4, 0.5) is 0 Å². The van der Waals surface area contributed by atoms with Crippen molar-refractivity contribution >= 4 is 0 Å². The summed E-state index contributed by atoms with van der Waals surface area (Å²) in [6, 6.07) is 0.